The molecule has 0 aromatic heterocycles. The summed E-state index contributed by atoms with van der Waals surface area (Å²) in [5, 5.41) is 7.77. The Morgan fingerprint density at radius 2 is 1.24 bits per heavy atom. The average molecular weight is 762 g/mol. The number of thiol groups is 1. The lowest BCUT2D eigenvalue weighted by Crippen LogP contribution is -2.23. The van der Waals surface area contributed by atoms with Gasteiger partial charge in [0.2, 0.25) is 12.6 Å². The standard InChI is InChI=1S/C15H27ClN2OS.C14H29BO.C9H20.3C2H6/c1-4-6-8-9-11-19-15(17)14(18-20)13(12(3)16)10-7-5-2;1-4-5-6-7-8-9-10-11-12-13-15(3)14(2)16;1-6-8(2)7-9(3,4)5;3*1-2/h10,12,17,20H,4-9,11H2,1-3H3;4-13H2,1-3H3;8H,6-7H2,1-5H3;3*1-2H3/b13-10+,17-15?,18-14-;;;;;. The third kappa shape index (κ3) is 51.4. The summed E-state index contributed by atoms with van der Waals surface area (Å²) < 4.78 is 9.34. The highest BCUT2D eigenvalue weighted by atomic mass is 35.5. The molecule has 0 heterocycles. The van der Waals surface area contributed by atoms with E-state index in [0.29, 0.717) is 23.4 Å². The molecule has 0 spiro atoms. The highest BCUT2D eigenvalue weighted by molar-refractivity contribution is 7.79. The first-order valence-corrected chi connectivity index (χ1v) is 22.3. The van der Waals surface area contributed by atoms with Crippen LogP contribution in [-0.4, -0.2) is 36.0 Å². The first kappa shape index (κ1) is 62.3. The van der Waals surface area contributed by atoms with Crippen molar-refractivity contribution in [2.75, 3.05) is 6.61 Å². The minimum Gasteiger partial charge on any atom is -0.477 e. The molecule has 51 heavy (non-hydrogen) atoms. The van der Waals surface area contributed by atoms with Crippen LogP contribution in [0.1, 0.15) is 220 Å². The average Bonchev–Trinajstić information content (AvgIpc) is 3.11. The first-order chi connectivity index (χ1) is 24.2. The van der Waals surface area contributed by atoms with Gasteiger partial charge in [-0.1, -0.05) is 206 Å². The van der Waals surface area contributed by atoms with Gasteiger partial charge in [0.1, 0.15) is 5.71 Å². The molecule has 2 atom stereocenters. The number of hydrogen-bond acceptors (Lipinski definition) is 5. The molecule has 2 unspecified atom stereocenters. The summed E-state index contributed by atoms with van der Waals surface area (Å²) in [6.45, 7) is 36.5. The van der Waals surface area contributed by atoms with Crippen LogP contribution in [0.15, 0.2) is 16.0 Å². The summed E-state index contributed by atoms with van der Waals surface area (Å²) in [4.78, 5) is 11.0. The van der Waals surface area contributed by atoms with Crippen LogP contribution in [0.5, 0.6) is 0 Å². The normalized spacial score (nSPS) is 12.0. The lowest BCUT2D eigenvalue weighted by molar-refractivity contribution is -0.110. The Hall–Kier alpha value is -0.745. The maximum absolute atomic E-state index is 11.0. The fraction of sp³-hybridized carbons (Fsp3) is 0.886. The van der Waals surface area contributed by atoms with Gasteiger partial charge in [-0.15, -0.1) is 11.6 Å². The number of unbranched alkanes of at least 4 members (excludes halogenated alkanes) is 12. The Morgan fingerprint density at radius 3 is 1.57 bits per heavy atom. The number of ether oxygens (including phenoxy) is 1. The molecule has 0 aliphatic carbocycles. The molecule has 0 aromatic carbocycles. The van der Waals surface area contributed by atoms with Gasteiger partial charge in [-0.05, 0) is 62.8 Å². The van der Waals surface area contributed by atoms with E-state index in [2.05, 4.69) is 72.6 Å². The molecule has 0 rings (SSSR count). The second kappa shape index (κ2) is 49.3. The number of nitrogens with one attached hydrogen (secondary N) is 1. The van der Waals surface area contributed by atoms with Crippen LogP contribution in [0.4, 0.5) is 0 Å². The van der Waals surface area contributed by atoms with Crippen molar-refractivity contribution < 1.29 is 9.53 Å². The lowest BCUT2D eigenvalue weighted by Gasteiger charge is -2.21. The SMILES string of the molecule is CC.CC.CC.CCC(C)CC(C)(C)C.CCC/C=C(/C(=N/S)C(=N)OCCCCCC)C(C)Cl.CCCCCCCCCCCB(C)C(C)=O. The van der Waals surface area contributed by atoms with Gasteiger partial charge in [0.25, 0.3) is 0 Å². The van der Waals surface area contributed by atoms with E-state index < -0.39 is 0 Å². The zero-order chi connectivity index (χ0) is 41.1. The Morgan fingerprint density at radius 1 is 0.804 bits per heavy atom. The van der Waals surface area contributed by atoms with Gasteiger partial charge in [-0.2, -0.15) is 0 Å². The van der Waals surface area contributed by atoms with E-state index in [1.54, 1.807) is 6.92 Å². The van der Waals surface area contributed by atoms with Crippen molar-refractivity contribution in [3.63, 3.8) is 0 Å². The van der Waals surface area contributed by atoms with Crippen LogP contribution < -0.4 is 0 Å². The number of halogens is 1. The van der Waals surface area contributed by atoms with Crippen molar-refractivity contribution in [2.24, 2.45) is 15.7 Å². The molecule has 7 heteroatoms. The summed E-state index contributed by atoms with van der Waals surface area (Å²) in [5.74, 6) is 0.955. The van der Waals surface area contributed by atoms with Crippen LogP contribution in [0.25, 0.3) is 0 Å². The molecular formula is C44H94BClN2O2S. The van der Waals surface area contributed by atoms with Gasteiger partial charge in [0.05, 0.1) is 17.7 Å². The number of rotatable bonds is 23. The molecule has 0 aromatic rings. The van der Waals surface area contributed by atoms with E-state index in [-0.39, 0.29) is 18.0 Å². The lowest BCUT2D eigenvalue weighted by atomic mass is 9.46. The summed E-state index contributed by atoms with van der Waals surface area (Å²) >= 11 is 10.1. The maximum Gasteiger partial charge on any atom is 0.233 e. The van der Waals surface area contributed by atoms with Gasteiger partial charge in [0, 0.05) is 0 Å². The monoisotopic (exact) mass is 761 g/mol. The highest BCUT2D eigenvalue weighted by Crippen LogP contribution is 2.25. The summed E-state index contributed by atoms with van der Waals surface area (Å²) in [5.41, 5.74) is 2.14. The number of alkyl halides is 1. The number of allylic oxidation sites excluding steroid dienone is 1. The number of carbonyl (C=O) groups excluding carboxylic acids is 1. The van der Waals surface area contributed by atoms with Crippen molar-refractivity contribution in [1.82, 2.24) is 0 Å². The molecule has 0 fully saturated rings. The van der Waals surface area contributed by atoms with Crippen molar-refractivity contribution in [2.45, 2.75) is 238 Å². The van der Waals surface area contributed by atoms with Crippen LogP contribution in [0.3, 0.4) is 0 Å². The third-order valence-electron chi connectivity index (χ3n) is 8.01. The van der Waals surface area contributed by atoms with Gasteiger partial charge in [-0.25, -0.2) is 4.40 Å². The molecule has 4 nitrogen and oxygen atoms in total. The number of carbonyl (C=O) groups is 1. The van der Waals surface area contributed by atoms with E-state index in [1.165, 1.54) is 83.5 Å². The van der Waals surface area contributed by atoms with Crippen LogP contribution >= 0.6 is 24.4 Å². The van der Waals surface area contributed by atoms with Crippen molar-refractivity contribution >= 4 is 48.4 Å². The zero-order valence-corrected chi connectivity index (χ0v) is 39.5. The van der Waals surface area contributed by atoms with Crippen molar-refractivity contribution in [3.8, 4) is 0 Å². The fourth-order valence-corrected chi connectivity index (χ4v) is 5.31. The molecule has 0 aliphatic rings. The van der Waals surface area contributed by atoms with E-state index in [4.69, 9.17) is 21.7 Å². The first-order valence-electron chi connectivity index (χ1n) is 21.5. The fourth-order valence-electron chi connectivity index (χ4n) is 4.91. The molecule has 0 amide bonds. The third-order valence-corrected chi connectivity index (χ3v) is 8.44. The molecule has 0 radical (unpaired) electrons. The molecule has 0 saturated heterocycles. The van der Waals surface area contributed by atoms with E-state index >= 15 is 0 Å². The topological polar surface area (TPSA) is 62.5 Å². The summed E-state index contributed by atoms with van der Waals surface area (Å²) in [6.07, 6.45) is 24.4. The van der Waals surface area contributed by atoms with Gasteiger partial charge in [-0.3, -0.25) is 5.41 Å². The Bertz CT molecular complexity index is 767. The van der Waals surface area contributed by atoms with E-state index in [0.717, 1.165) is 43.5 Å². The molecule has 0 aliphatic heterocycles. The van der Waals surface area contributed by atoms with Gasteiger partial charge >= 0.3 is 0 Å². The van der Waals surface area contributed by atoms with Gasteiger partial charge < -0.3 is 9.53 Å². The molecule has 308 valence electrons. The van der Waals surface area contributed by atoms with Crippen molar-refractivity contribution in [1.29, 1.82) is 5.41 Å². The Labute approximate surface area is 334 Å². The van der Waals surface area contributed by atoms with Crippen LogP contribution in [-0.2, 0) is 9.53 Å². The van der Waals surface area contributed by atoms with E-state index in [9.17, 15) is 4.79 Å². The second-order valence-corrected chi connectivity index (χ2v) is 15.0. The predicted molar refractivity (Wildman–Crippen MR) is 244 cm³/mol. The van der Waals surface area contributed by atoms with Gasteiger partial charge in [0.15, 0.2) is 0 Å². The molecular weight excluding hydrogens is 667 g/mol. The Balaban J connectivity index is -0.000000145. The Kier molecular flexibility index (Phi) is 60.1. The van der Waals surface area contributed by atoms with Crippen LogP contribution in [0.2, 0.25) is 13.1 Å². The minimum absolute atomic E-state index is 0.0614. The number of nitrogens with zero attached hydrogens (tertiary/aromatic N) is 1. The predicted octanol–water partition coefficient (Wildman–Crippen LogP) is 16.5. The maximum atomic E-state index is 11.0. The van der Waals surface area contributed by atoms with Crippen molar-refractivity contribution in [3.05, 3.63) is 11.6 Å². The second-order valence-electron chi connectivity index (χ2n) is 14.2. The molecule has 1 N–H and O–H groups in total. The smallest absolute Gasteiger partial charge is 0.233 e. The summed E-state index contributed by atoms with van der Waals surface area (Å²) in [6, 6.07) is 0. The molecule has 0 bridgehead atoms. The minimum atomic E-state index is -0.212. The summed E-state index contributed by atoms with van der Waals surface area (Å²) in [7, 11) is 0. The quantitative estimate of drug-likeness (QED) is 0.0272. The zero-order valence-electron chi connectivity index (χ0n) is 37.8. The highest BCUT2D eigenvalue weighted by Gasteiger charge is 2.18. The largest absolute Gasteiger partial charge is 0.477 e. The van der Waals surface area contributed by atoms with Crippen LogP contribution in [0, 0.1) is 16.7 Å². The number of hydrogen-bond donors (Lipinski definition) is 2. The van der Waals surface area contributed by atoms with E-state index in [1.807, 2.05) is 61.4 Å². The molecule has 0 saturated carbocycles.